The van der Waals surface area contributed by atoms with E-state index in [2.05, 4.69) is 16.0 Å². The Bertz CT molecular complexity index is 742. The Labute approximate surface area is 160 Å². The molecular weight excluding hydrogens is 342 g/mol. The molecule has 3 N–H and O–H groups in total. The van der Waals surface area contributed by atoms with Gasteiger partial charge < -0.3 is 20.7 Å². The van der Waals surface area contributed by atoms with E-state index in [0.29, 0.717) is 25.1 Å². The van der Waals surface area contributed by atoms with Crippen LogP contribution in [-0.2, 0) is 17.8 Å². The molecular formula is C21H27N3O3. The number of hydrogen-bond acceptors (Lipinski definition) is 4. The third-order valence-corrected chi connectivity index (χ3v) is 4.29. The molecule has 144 valence electrons. The molecule has 2 amide bonds. The van der Waals surface area contributed by atoms with E-state index in [1.165, 1.54) is 0 Å². The van der Waals surface area contributed by atoms with Crippen molar-refractivity contribution >= 4 is 11.8 Å². The lowest BCUT2D eigenvalue weighted by molar-refractivity contribution is -0.120. The van der Waals surface area contributed by atoms with Crippen molar-refractivity contribution in [2.45, 2.75) is 25.9 Å². The van der Waals surface area contributed by atoms with Crippen LogP contribution in [0.4, 0.5) is 0 Å². The Morgan fingerprint density at radius 2 is 1.59 bits per heavy atom. The maximum atomic E-state index is 12.1. The van der Waals surface area contributed by atoms with Crippen molar-refractivity contribution in [3.63, 3.8) is 0 Å². The smallest absolute Gasteiger partial charge is 0.251 e. The minimum atomic E-state index is -0.104. The summed E-state index contributed by atoms with van der Waals surface area (Å²) in [6, 6.07) is 14.9. The van der Waals surface area contributed by atoms with Crippen molar-refractivity contribution < 1.29 is 14.3 Å². The van der Waals surface area contributed by atoms with Gasteiger partial charge in [-0.15, -0.1) is 0 Å². The van der Waals surface area contributed by atoms with Gasteiger partial charge in [-0.2, -0.15) is 0 Å². The molecule has 0 aliphatic carbocycles. The van der Waals surface area contributed by atoms with Gasteiger partial charge in [-0.1, -0.05) is 24.3 Å². The van der Waals surface area contributed by atoms with E-state index in [4.69, 9.17) is 4.74 Å². The zero-order valence-corrected chi connectivity index (χ0v) is 16.0. The first-order chi connectivity index (χ1) is 13.0. The Morgan fingerprint density at radius 1 is 0.963 bits per heavy atom. The van der Waals surface area contributed by atoms with Crippen molar-refractivity contribution in [3.8, 4) is 5.75 Å². The van der Waals surface area contributed by atoms with Crippen molar-refractivity contribution in [2.75, 3.05) is 20.7 Å². The number of amides is 2. The third-order valence-electron chi connectivity index (χ3n) is 4.29. The molecule has 0 aliphatic heterocycles. The van der Waals surface area contributed by atoms with Crippen molar-refractivity contribution in [1.82, 2.24) is 16.0 Å². The van der Waals surface area contributed by atoms with Gasteiger partial charge in [0.2, 0.25) is 5.91 Å². The average Bonchev–Trinajstić information content (AvgIpc) is 2.71. The molecule has 0 aliphatic rings. The largest absolute Gasteiger partial charge is 0.497 e. The predicted molar refractivity (Wildman–Crippen MR) is 106 cm³/mol. The van der Waals surface area contributed by atoms with Gasteiger partial charge in [0.1, 0.15) is 5.75 Å². The molecule has 2 aromatic rings. The SMILES string of the molecule is CNC(C)CNC(=O)c1ccc(CNC(=O)Cc2ccc(OC)cc2)cc1. The average molecular weight is 369 g/mol. The lowest BCUT2D eigenvalue weighted by Crippen LogP contribution is -2.37. The molecule has 6 heteroatoms. The number of benzene rings is 2. The minimum absolute atomic E-state index is 0.0527. The summed E-state index contributed by atoms with van der Waals surface area (Å²) in [4.78, 5) is 24.2. The zero-order valence-electron chi connectivity index (χ0n) is 16.0. The van der Waals surface area contributed by atoms with Crippen LogP contribution in [0.25, 0.3) is 0 Å². The zero-order chi connectivity index (χ0) is 19.6. The lowest BCUT2D eigenvalue weighted by atomic mass is 10.1. The second kappa shape index (κ2) is 10.3. The van der Waals surface area contributed by atoms with Crippen LogP contribution in [0.3, 0.4) is 0 Å². The number of carbonyl (C=O) groups excluding carboxylic acids is 2. The van der Waals surface area contributed by atoms with E-state index >= 15 is 0 Å². The number of ether oxygens (including phenoxy) is 1. The summed E-state index contributed by atoms with van der Waals surface area (Å²) >= 11 is 0. The van der Waals surface area contributed by atoms with Gasteiger partial charge in [-0.05, 0) is 49.4 Å². The molecule has 0 bridgehead atoms. The maximum absolute atomic E-state index is 12.1. The summed E-state index contributed by atoms with van der Waals surface area (Å²) in [5, 5.41) is 8.84. The lowest BCUT2D eigenvalue weighted by Gasteiger charge is -2.11. The quantitative estimate of drug-likeness (QED) is 0.631. The van der Waals surface area contributed by atoms with Gasteiger partial charge in [0.05, 0.1) is 13.5 Å². The van der Waals surface area contributed by atoms with Gasteiger partial charge in [-0.25, -0.2) is 0 Å². The summed E-state index contributed by atoms with van der Waals surface area (Å²) in [5.41, 5.74) is 2.47. The van der Waals surface area contributed by atoms with E-state index in [-0.39, 0.29) is 17.9 Å². The van der Waals surface area contributed by atoms with Crippen LogP contribution in [0.1, 0.15) is 28.4 Å². The molecule has 0 spiro atoms. The topological polar surface area (TPSA) is 79.5 Å². The minimum Gasteiger partial charge on any atom is -0.497 e. The molecule has 2 aromatic carbocycles. The number of rotatable bonds is 9. The Morgan fingerprint density at radius 3 is 2.19 bits per heavy atom. The molecule has 0 aromatic heterocycles. The molecule has 0 saturated carbocycles. The predicted octanol–water partition coefficient (Wildman–Crippen LogP) is 1.89. The van der Waals surface area contributed by atoms with Crippen LogP contribution in [0.15, 0.2) is 48.5 Å². The van der Waals surface area contributed by atoms with Crippen LogP contribution in [0, 0.1) is 0 Å². The van der Waals surface area contributed by atoms with E-state index < -0.39 is 0 Å². The van der Waals surface area contributed by atoms with Gasteiger partial charge in [0.15, 0.2) is 0 Å². The van der Waals surface area contributed by atoms with Gasteiger partial charge in [0.25, 0.3) is 5.91 Å². The van der Waals surface area contributed by atoms with Crippen LogP contribution >= 0.6 is 0 Å². The molecule has 2 rings (SSSR count). The number of nitrogens with one attached hydrogen (secondary N) is 3. The fourth-order valence-electron chi connectivity index (χ4n) is 2.42. The number of hydrogen-bond donors (Lipinski definition) is 3. The third kappa shape index (κ3) is 6.75. The summed E-state index contributed by atoms with van der Waals surface area (Å²) < 4.78 is 5.11. The van der Waals surface area contributed by atoms with Crippen LogP contribution in [0.2, 0.25) is 0 Å². The van der Waals surface area contributed by atoms with Gasteiger partial charge in [-0.3, -0.25) is 9.59 Å². The summed E-state index contributed by atoms with van der Waals surface area (Å²) in [6.45, 7) is 2.99. The fraction of sp³-hybridized carbons (Fsp3) is 0.333. The maximum Gasteiger partial charge on any atom is 0.251 e. The molecule has 1 atom stereocenters. The van der Waals surface area contributed by atoms with Crippen LogP contribution < -0.4 is 20.7 Å². The second-order valence-electron chi connectivity index (χ2n) is 6.40. The molecule has 1 unspecified atom stereocenters. The Balaban J connectivity index is 1.79. The fourth-order valence-corrected chi connectivity index (χ4v) is 2.42. The molecule has 27 heavy (non-hydrogen) atoms. The summed E-state index contributed by atoms with van der Waals surface area (Å²) in [5.74, 6) is 0.610. The van der Waals surface area contributed by atoms with E-state index in [0.717, 1.165) is 16.9 Å². The van der Waals surface area contributed by atoms with Gasteiger partial charge in [0, 0.05) is 24.7 Å². The highest BCUT2D eigenvalue weighted by atomic mass is 16.5. The normalized spacial score (nSPS) is 11.5. The summed E-state index contributed by atoms with van der Waals surface area (Å²) in [6.07, 6.45) is 0.314. The Hall–Kier alpha value is -2.86. The first-order valence-electron chi connectivity index (χ1n) is 8.96. The highest BCUT2D eigenvalue weighted by molar-refractivity contribution is 5.94. The molecule has 0 heterocycles. The molecule has 0 radical (unpaired) electrons. The number of carbonyl (C=O) groups is 2. The van der Waals surface area contributed by atoms with Crippen LogP contribution in [0.5, 0.6) is 5.75 Å². The Kier molecular flexibility index (Phi) is 7.82. The van der Waals surface area contributed by atoms with Crippen molar-refractivity contribution in [2.24, 2.45) is 0 Å². The highest BCUT2D eigenvalue weighted by Gasteiger charge is 2.08. The molecule has 6 nitrogen and oxygen atoms in total. The van der Waals surface area contributed by atoms with E-state index in [1.54, 1.807) is 19.2 Å². The van der Waals surface area contributed by atoms with Crippen LogP contribution in [-0.4, -0.2) is 38.6 Å². The first kappa shape index (κ1) is 20.5. The molecule has 0 saturated heterocycles. The summed E-state index contributed by atoms with van der Waals surface area (Å²) in [7, 11) is 3.47. The van der Waals surface area contributed by atoms with Gasteiger partial charge >= 0.3 is 0 Å². The standard InChI is InChI=1S/C21H27N3O3/c1-15(22-2)13-24-21(26)18-8-4-17(5-9-18)14-23-20(25)12-16-6-10-19(27-3)11-7-16/h4-11,15,22H,12-14H2,1-3H3,(H,23,25)(H,24,26). The number of likely N-dealkylation sites (N-methyl/N-ethyl adjacent to an activating group) is 1. The highest BCUT2D eigenvalue weighted by Crippen LogP contribution is 2.11. The van der Waals surface area contributed by atoms with E-state index in [9.17, 15) is 9.59 Å². The van der Waals surface area contributed by atoms with Crippen molar-refractivity contribution in [3.05, 3.63) is 65.2 Å². The first-order valence-corrected chi connectivity index (χ1v) is 8.96. The van der Waals surface area contributed by atoms with E-state index in [1.807, 2.05) is 50.4 Å². The van der Waals surface area contributed by atoms with Crippen molar-refractivity contribution in [1.29, 1.82) is 0 Å². The molecule has 0 fully saturated rings. The monoisotopic (exact) mass is 369 g/mol. The number of methoxy groups -OCH3 is 1. The second-order valence-corrected chi connectivity index (χ2v) is 6.40.